The number of halogens is 2. The Morgan fingerprint density at radius 1 is 1.50 bits per heavy atom. The molecule has 0 fully saturated rings. The number of aliphatic hydroxyl groups excluding tert-OH is 1. The van der Waals surface area contributed by atoms with Crippen LogP contribution in [-0.2, 0) is 11.4 Å². The summed E-state index contributed by atoms with van der Waals surface area (Å²) in [6.07, 6.45) is 0. The molecule has 0 heterocycles. The number of nitrogens with zero attached hydrogens (tertiary/aromatic N) is 1. The van der Waals surface area contributed by atoms with Crippen molar-refractivity contribution < 1.29 is 14.6 Å². The summed E-state index contributed by atoms with van der Waals surface area (Å²) in [4.78, 5) is 11.2. The van der Waals surface area contributed by atoms with E-state index in [9.17, 15) is 4.79 Å². The van der Waals surface area contributed by atoms with Crippen LogP contribution < -0.4 is 10.1 Å². The number of carbonyl (C=O) groups excluding carboxylic acids is 1. The topological polar surface area (TPSA) is 82.4 Å². The fourth-order valence-electron chi connectivity index (χ4n) is 1.22. The molecule has 0 radical (unpaired) electrons. The minimum absolute atomic E-state index is 0.0938. The van der Waals surface area contributed by atoms with Crippen molar-refractivity contribution in [2.24, 2.45) is 0 Å². The van der Waals surface area contributed by atoms with E-state index in [1.807, 2.05) is 0 Å². The Kier molecular flexibility index (Phi) is 5.72. The molecule has 1 amide bonds. The summed E-state index contributed by atoms with van der Waals surface area (Å²) in [6, 6.07) is 4.71. The van der Waals surface area contributed by atoms with Gasteiger partial charge in [-0.3, -0.25) is 4.79 Å². The van der Waals surface area contributed by atoms with Crippen LogP contribution in [0.15, 0.2) is 12.1 Å². The third-order valence-electron chi connectivity index (χ3n) is 1.97. The average Bonchev–Trinajstić information content (AvgIpc) is 2.34. The van der Waals surface area contributed by atoms with Crippen molar-refractivity contribution in [3.8, 4) is 11.8 Å². The maximum atomic E-state index is 11.2. The van der Waals surface area contributed by atoms with Gasteiger partial charge in [0, 0.05) is 10.6 Å². The van der Waals surface area contributed by atoms with Crippen molar-refractivity contribution in [2.75, 3.05) is 13.2 Å². The Balaban J connectivity index is 2.73. The molecule has 0 aliphatic carbocycles. The highest BCUT2D eigenvalue weighted by Gasteiger charge is 2.11. The zero-order valence-corrected chi connectivity index (χ0v) is 10.8. The van der Waals surface area contributed by atoms with Gasteiger partial charge in [0.1, 0.15) is 12.3 Å². The fourth-order valence-corrected chi connectivity index (χ4v) is 1.81. The molecular formula is C11H10Cl2N2O3. The molecule has 1 aromatic carbocycles. The summed E-state index contributed by atoms with van der Waals surface area (Å²) in [6.45, 7) is -0.700. The van der Waals surface area contributed by atoms with Crippen LogP contribution in [0.1, 0.15) is 5.56 Å². The van der Waals surface area contributed by atoms with Gasteiger partial charge in [0.2, 0.25) is 0 Å². The number of aliphatic hydroxyl groups is 1. The summed E-state index contributed by atoms with van der Waals surface area (Å²) >= 11 is 11.7. The number of carbonyl (C=O) groups is 1. The Hall–Kier alpha value is -1.48. The van der Waals surface area contributed by atoms with Crippen molar-refractivity contribution in [3.05, 3.63) is 27.7 Å². The number of hydrogen-bond donors (Lipinski definition) is 2. The molecule has 2 N–H and O–H groups in total. The molecule has 0 saturated heterocycles. The van der Waals surface area contributed by atoms with Gasteiger partial charge in [-0.15, -0.1) is 0 Å². The quantitative estimate of drug-likeness (QED) is 0.805. The second-order valence-corrected chi connectivity index (χ2v) is 4.10. The summed E-state index contributed by atoms with van der Waals surface area (Å²) < 4.78 is 5.20. The van der Waals surface area contributed by atoms with Gasteiger partial charge < -0.3 is 15.2 Å². The van der Waals surface area contributed by atoms with E-state index < -0.39 is 5.91 Å². The molecule has 96 valence electrons. The van der Waals surface area contributed by atoms with Gasteiger partial charge in [-0.1, -0.05) is 23.2 Å². The molecule has 0 saturated carbocycles. The minimum Gasteiger partial charge on any atom is -0.482 e. The van der Waals surface area contributed by atoms with Gasteiger partial charge in [-0.25, -0.2) is 0 Å². The largest absolute Gasteiger partial charge is 0.482 e. The lowest BCUT2D eigenvalue weighted by Gasteiger charge is -2.12. The van der Waals surface area contributed by atoms with E-state index in [1.54, 1.807) is 6.07 Å². The third-order valence-corrected chi connectivity index (χ3v) is 2.47. The highest BCUT2D eigenvalue weighted by molar-refractivity contribution is 6.35. The van der Waals surface area contributed by atoms with Gasteiger partial charge in [0.15, 0.2) is 6.61 Å². The molecule has 0 unspecified atom stereocenters. The van der Waals surface area contributed by atoms with Crippen LogP contribution in [-0.4, -0.2) is 24.2 Å². The summed E-state index contributed by atoms with van der Waals surface area (Å²) in [5.41, 5.74) is 0.389. The van der Waals surface area contributed by atoms with Crippen molar-refractivity contribution >= 4 is 29.1 Å². The van der Waals surface area contributed by atoms with Crippen LogP contribution >= 0.6 is 23.2 Å². The second kappa shape index (κ2) is 7.07. The lowest BCUT2D eigenvalue weighted by atomic mass is 10.2. The van der Waals surface area contributed by atoms with E-state index in [0.717, 1.165) is 0 Å². The Labute approximate surface area is 114 Å². The van der Waals surface area contributed by atoms with E-state index in [-0.39, 0.29) is 30.5 Å². The number of nitriles is 1. The van der Waals surface area contributed by atoms with Crippen LogP contribution in [0.4, 0.5) is 0 Å². The molecule has 18 heavy (non-hydrogen) atoms. The molecule has 5 nitrogen and oxygen atoms in total. The van der Waals surface area contributed by atoms with E-state index >= 15 is 0 Å². The van der Waals surface area contributed by atoms with E-state index in [2.05, 4.69) is 5.32 Å². The number of ether oxygens (including phenoxy) is 1. The number of hydrogen-bond acceptors (Lipinski definition) is 4. The number of benzene rings is 1. The fraction of sp³-hybridized carbons (Fsp3) is 0.273. The van der Waals surface area contributed by atoms with Crippen LogP contribution in [0, 0.1) is 11.3 Å². The summed E-state index contributed by atoms with van der Waals surface area (Å²) in [5.74, 6) is -0.248. The van der Waals surface area contributed by atoms with Crippen molar-refractivity contribution in [1.29, 1.82) is 5.26 Å². The minimum atomic E-state index is -0.452. The lowest BCUT2D eigenvalue weighted by Crippen LogP contribution is -2.29. The lowest BCUT2D eigenvalue weighted by molar-refractivity contribution is -0.122. The highest BCUT2D eigenvalue weighted by Crippen LogP contribution is 2.32. The van der Waals surface area contributed by atoms with Gasteiger partial charge >= 0.3 is 0 Å². The van der Waals surface area contributed by atoms with Crippen LogP contribution in [0.25, 0.3) is 0 Å². The predicted octanol–water partition coefficient (Wildman–Crippen LogP) is 1.50. The molecule has 0 spiro atoms. The monoisotopic (exact) mass is 288 g/mol. The Bertz CT molecular complexity index is 486. The van der Waals surface area contributed by atoms with Crippen LogP contribution in [0.2, 0.25) is 10.0 Å². The SMILES string of the molecule is N#CCNC(=O)COc1c(Cl)cc(Cl)cc1CO. The highest BCUT2D eigenvalue weighted by atomic mass is 35.5. The van der Waals surface area contributed by atoms with Crippen molar-refractivity contribution in [1.82, 2.24) is 5.32 Å². The maximum Gasteiger partial charge on any atom is 0.258 e. The average molecular weight is 289 g/mol. The van der Waals surface area contributed by atoms with Gasteiger partial charge in [-0.05, 0) is 12.1 Å². The zero-order valence-electron chi connectivity index (χ0n) is 9.24. The smallest absolute Gasteiger partial charge is 0.258 e. The van der Waals surface area contributed by atoms with Gasteiger partial charge in [0.05, 0.1) is 17.7 Å². The zero-order chi connectivity index (χ0) is 13.5. The molecule has 0 atom stereocenters. The molecule has 0 bridgehead atoms. The second-order valence-electron chi connectivity index (χ2n) is 3.26. The van der Waals surface area contributed by atoms with Gasteiger partial charge in [-0.2, -0.15) is 5.26 Å². The third kappa shape index (κ3) is 4.08. The predicted molar refractivity (Wildman–Crippen MR) is 66.5 cm³/mol. The number of rotatable bonds is 5. The summed E-state index contributed by atoms with van der Waals surface area (Å²) in [5, 5.41) is 20.3. The molecule has 7 heteroatoms. The maximum absolute atomic E-state index is 11.2. The number of nitrogens with one attached hydrogen (secondary N) is 1. The normalized spacial score (nSPS) is 9.67. The van der Waals surface area contributed by atoms with Crippen LogP contribution in [0.5, 0.6) is 5.75 Å². The van der Waals surface area contributed by atoms with Crippen molar-refractivity contribution in [3.63, 3.8) is 0 Å². The van der Waals surface area contributed by atoms with Crippen LogP contribution in [0.3, 0.4) is 0 Å². The Morgan fingerprint density at radius 2 is 2.22 bits per heavy atom. The first-order valence-electron chi connectivity index (χ1n) is 4.93. The van der Waals surface area contributed by atoms with E-state index in [1.165, 1.54) is 12.1 Å². The summed E-state index contributed by atoms with van der Waals surface area (Å²) in [7, 11) is 0. The van der Waals surface area contributed by atoms with Crippen molar-refractivity contribution in [2.45, 2.75) is 6.61 Å². The standard InChI is InChI=1S/C11H10Cl2N2O3/c12-8-3-7(5-16)11(9(13)4-8)18-6-10(17)15-2-1-14/h3-4,16H,2,5-6H2,(H,15,17). The molecule has 1 aromatic rings. The first kappa shape index (κ1) is 14.6. The first-order valence-corrected chi connectivity index (χ1v) is 5.69. The molecule has 0 aliphatic heterocycles. The Morgan fingerprint density at radius 3 is 2.83 bits per heavy atom. The molecule has 1 rings (SSSR count). The molecular weight excluding hydrogens is 279 g/mol. The number of amides is 1. The molecule has 0 aliphatic rings. The molecule has 0 aromatic heterocycles. The first-order chi connectivity index (χ1) is 8.58. The van der Waals surface area contributed by atoms with Gasteiger partial charge in [0.25, 0.3) is 5.91 Å². The van der Waals surface area contributed by atoms with E-state index in [0.29, 0.717) is 10.6 Å². The van der Waals surface area contributed by atoms with E-state index in [4.69, 9.17) is 38.3 Å².